The Morgan fingerprint density at radius 3 is 2.76 bits per heavy atom. The molecule has 2 heterocycles. The molecule has 2 atom stereocenters. The molecule has 3 rings (SSSR count). The van der Waals surface area contributed by atoms with Gasteiger partial charge in [0.2, 0.25) is 11.8 Å². The van der Waals surface area contributed by atoms with Crippen molar-refractivity contribution in [2.75, 3.05) is 18.0 Å². The molecule has 2 unspecified atom stereocenters. The minimum atomic E-state index is -0.881. The molecule has 0 spiro atoms. The largest absolute Gasteiger partial charge is 0.477 e. The lowest BCUT2D eigenvalue weighted by molar-refractivity contribution is -0.127. The first kappa shape index (κ1) is 13.4. The molecule has 3 amide bonds. The van der Waals surface area contributed by atoms with Crippen LogP contribution in [-0.2, 0) is 14.4 Å². The van der Waals surface area contributed by atoms with Gasteiger partial charge in [-0.3, -0.25) is 14.4 Å². The van der Waals surface area contributed by atoms with Gasteiger partial charge in [-0.05, 0) is 12.1 Å². The number of ether oxygens (including phenoxy) is 1. The molecule has 0 bridgehead atoms. The van der Waals surface area contributed by atoms with Crippen molar-refractivity contribution >= 4 is 23.4 Å². The number of carbonyl (C=O) groups excluding carboxylic acids is 3. The number of nitrogens with two attached hydrogens (primary N) is 1. The summed E-state index contributed by atoms with van der Waals surface area (Å²) in [4.78, 5) is 36.8. The molecule has 1 aromatic carbocycles. The predicted octanol–water partition coefficient (Wildman–Crippen LogP) is -0.598. The van der Waals surface area contributed by atoms with Gasteiger partial charge in [0.1, 0.15) is 5.75 Å². The van der Waals surface area contributed by atoms with Gasteiger partial charge in [-0.2, -0.15) is 0 Å². The molecular weight excluding hydrogens is 274 g/mol. The Balaban J connectivity index is 1.91. The number of nitrogens with one attached hydrogen (secondary N) is 1. The quantitative estimate of drug-likeness (QED) is 0.759. The minimum absolute atomic E-state index is 0.0653. The van der Waals surface area contributed by atoms with Gasteiger partial charge in [-0.1, -0.05) is 12.1 Å². The summed E-state index contributed by atoms with van der Waals surface area (Å²) < 4.78 is 5.51. The zero-order valence-electron chi connectivity index (χ0n) is 11.2. The molecule has 7 heteroatoms. The monoisotopic (exact) mass is 289 g/mol. The van der Waals surface area contributed by atoms with Crippen LogP contribution >= 0.6 is 0 Å². The van der Waals surface area contributed by atoms with Crippen molar-refractivity contribution in [3.05, 3.63) is 24.3 Å². The van der Waals surface area contributed by atoms with Crippen LogP contribution in [0.1, 0.15) is 6.42 Å². The molecule has 21 heavy (non-hydrogen) atoms. The molecule has 0 saturated carbocycles. The van der Waals surface area contributed by atoms with Gasteiger partial charge in [0.15, 0.2) is 6.10 Å². The summed E-state index contributed by atoms with van der Waals surface area (Å²) in [6.45, 7) is 0.383. The van der Waals surface area contributed by atoms with Crippen molar-refractivity contribution in [2.24, 2.45) is 11.7 Å². The molecule has 110 valence electrons. The third kappa shape index (κ3) is 2.42. The Bertz CT molecular complexity index is 616. The molecule has 7 nitrogen and oxygen atoms in total. The highest BCUT2D eigenvalue weighted by atomic mass is 16.5. The highest BCUT2D eigenvalue weighted by Gasteiger charge is 2.37. The van der Waals surface area contributed by atoms with Crippen LogP contribution in [-0.4, -0.2) is 36.9 Å². The number of anilines is 1. The second-order valence-corrected chi connectivity index (χ2v) is 5.13. The molecule has 1 aromatic rings. The molecule has 2 aliphatic heterocycles. The van der Waals surface area contributed by atoms with E-state index >= 15 is 0 Å². The number of carbonyl (C=O) groups is 3. The smallest absolute Gasteiger partial charge is 0.260 e. The SMILES string of the molecule is NC(=O)C1CN(C(=O)C2CNC(=O)C2)c2ccccc2O1. The number of hydrogen-bond donors (Lipinski definition) is 2. The molecule has 0 radical (unpaired) electrons. The van der Waals surface area contributed by atoms with Gasteiger partial charge in [0, 0.05) is 13.0 Å². The van der Waals surface area contributed by atoms with Crippen molar-refractivity contribution in [3.8, 4) is 5.75 Å². The molecule has 0 aromatic heterocycles. The Morgan fingerprint density at radius 2 is 2.10 bits per heavy atom. The average molecular weight is 289 g/mol. The lowest BCUT2D eigenvalue weighted by Crippen LogP contribution is -2.51. The average Bonchev–Trinajstić information content (AvgIpc) is 2.92. The number of fused-ring (bicyclic) bond motifs is 1. The lowest BCUT2D eigenvalue weighted by atomic mass is 10.0. The van der Waals surface area contributed by atoms with E-state index in [0.717, 1.165) is 0 Å². The van der Waals surface area contributed by atoms with Crippen molar-refractivity contribution in [1.82, 2.24) is 5.32 Å². The van der Waals surface area contributed by atoms with Gasteiger partial charge < -0.3 is 20.7 Å². The van der Waals surface area contributed by atoms with E-state index in [4.69, 9.17) is 10.5 Å². The fourth-order valence-corrected chi connectivity index (χ4v) is 2.59. The summed E-state index contributed by atoms with van der Waals surface area (Å²) in [5.74, 6) is -0.935. The van der Waals surface area contributed by atoms with Crippen LogP contribution in [0.3, 0.4) is 0 Å². The van der Waals surface area contributed by atoms with E-state index in [1.165, 1.54) is 4.90 Å². The predicted molar refractivity (Wildman–Crippen MR) is 73.5 cm³/mol. The third-order valence-corrected chi connectivity index (χ3v) is 3.68. The maximum absolute atomic E-state index is 12.6. The van der Waals surface area contributed by atoms with Crippen LogP contribution in [0.4, 0.5) is 5.69 Å². The van der Waals surface area contributed by atoms with Gasteiger partial charge in [-0.15, -0.1) is 0 Å². The zero-order valence-corrected chi connectivity index (χ0v) is 11.2. The zero-order chi connectivity index (χ0) is 15.0. The Morgan fingerprint density at radius 1 is 1.33 bits per heavy atom. The highest BCUT2D eigenvalue weighted by molar-refractivity contribution is 6.01. The summed E-state index contributed by atoms with van der Waals surface area (Å²) in [7, 11) is 0. The number of rotatable bonds is 2. The van der Waals surface area contributed by atoms with E-state index in [1.807, 2.05) is 0 Å². The molecule has 1 saturated heterocycles. The minimum Gasteiger partial charge on any atom is -0.477 e. The van der Waals surface area contributed by atoms with Crippen LogP contribution < -0.4 is 20.7 Å². The number of benzene rings is 1. The summed E-state index contributed by atoms with van der Waals surface area (Å²) in [6, 6.07) is 6.97. The maximum atomic E-state index is 12.6. The van der Waals surface area contributed by atoms with E-state index in [9.17, 15) is 14.4 Å². The van der Waals surface area contributed by atoms with Crippen LogP contribution in [0.25, 0.3) is 0 Å². The fraction of sp³-hybridized carbons (Fsp3) is 0.357. The van der Waals surface area contributed by atoms with Crippen molar-refractivity contribution in [1.29, 1.82) is 0 Å². The van der Waals surface area contributed by atoms with Crippen LogP contribution in [0.15, 0.2) is 24.3 Å². The van der Waals surface area contributed by atoms with E-state index in [0.29, 0.717) is 18.0 Å². The first-order valence-electron chi connectivity index (χ1n) is 6.69. The molecule has 0 aliphatic carbocycles. The van der Waals surface area contributed by atoms with Crippen LogP contribution in [0.5, 0.6) is 5.75 Å². The molecule has 3 N–H and O–H groups in total. The second-order valence-electron chi connectivity index (χ2n) is 5.13. The first-order chi connectivity index (χ1) is 10.1. The lowest BCUT2D eigenvalue weighted by Gasteiger charge is -2.34. The number of primary amides is 1. The summed E-state index contributed by atoms with van der Waals surface area (Å²) in [5, 5.41) is 2.64. The van der Waals surface area contributed by atoms with Gasteiger partial charge >= 0.3 is 0 Å². The Kier molecular flexibility index (Phi) is 3.25. The Labute approximate surface area is 121 Å². The number of hydrogen-bond acceptors (Lipinski definition) is 4. The maximum Gasteiger partial charge on any atom is 0.260 e. The topological polar surface area (TPSA) is 102 Å². The number of amides is 3. The van der Waals surface area contributed by atoms with Crippen molar-refractivity contribution < 1.29 is 19.1 Å². The first-order valence-corrected chi connectivity index (χ1v) is 6.69. The molecule has 2 aliphatic rings. The second kappa shape index (κ2) is 5.08. The Hall–Kier alpha value is -2.57. The summed E-state index contributed by atoms with van der Waals surface area (Å²) in [6.07, 6.45) is -0.714. The van der Waals surface area contributed by atoms with Crippen LogP contribution in [0.2, 0.25) is 0 Å². The molecular formula is C14H15N3O4. The summed E-state index contributed by atoms with van der Waals surface area (Å²) in [5.41, 5.74) is 5.89. The molecule has 1 fully saturated rings. The highest BCUT2D eigenvalue weighted by Crippen LogP contribution is 2.34. The number of para-hydroxylation sites is 2. The van der Waals surface area contributed by atoms with Crippen LogP contribution in [0, 0.1) is 5.92 Å². The van der Waals surface area contributed by atoms with Gasteiger partial charge in [0.25, 0.3) is 5.91 Å². The van der Waals surface area contributed by atoms with Crippen molar-refractivity contribution in [3.63, 3.8) is 0 Å². The van der Waals surface area contributed by atoms with Gasteiger partial charge in [-0.25, -0.2) is 0 Å². The third-order valence-electron chi connectivity index (χ3n) is 3.68. The summed E-state index contributed by atoms with van der Waals surface area (Å²) >= 11 is 0. The fourth-order valence-electron chi connectivity index (χ4n) is 2.59. The van der Waals surface area contributed by atoms with Crippen molar-refractivity contribution in [2.45, 2.75) is 12.5 Å². The van der Waals surface area contributed by atoms with Gasteiger partial charge in [0.05, 0.1) is 18.2 Å². The normalized spacial score (nSPS) is 24.0. The van der Waals surface area contributed by atoms with E-state index < -0.39 is 17.9 Å². The standard InChI is InChI=1S/C14H15N3O4/c15-13(19)11-7-17(9-3-1-2-4-10(9)21-11)14(20)8-5-12(18)16-6-8/h1-4,8,11H,5-7H2,(H2,15,19)(H,16,18). The van der Waals surface area contributed by atoms with E-state index in [2.05, 4.69) is 5.32 Å². The van der Waals surface area contributed by atoms with E-state index in [1.54, 1.807) is 24.3 Å². The number of nitrogens with zero attached hydrogens (tertiary/aromatic N) is 1. The van der Waals surface area contributed by atoms with E-state index in [-0.39, 0.29) is 24.8 Å².